The lowest BCUT2D eigenvalue weighted by Gasteiger charge is -2.02. The van der Waals surface area contributed by atoms with Crippen LogP contribution in [-0.2, 0) is 7.05 Å². The van der Waals surface area contributed by atoms with E-state index in [1.165, 1.54) is 22.0 Å². The maximum atomic E-state index is 12.1. The van der Waals surface area contributed by atoms with Crippen LogP contribution in [-0.4, -0.2) is 20.4 Å². The van der Waals surface area contributed by atoms with Crippen LogP contribution in [0.1, 0.15) is 10.4 Å². The van der Waals surface area contributed by atoms with Crippen LogP contribution < -0.4 is 10.9 Å². The molecule has 0 unspecified atom stereocenters. The third kappa shape index (κ3) is 2.94. The molecule has 0 aliphatic rings. The number of hydrogen-bond acceptors (Lipinski definition) is 5. The lowest BCUT2D eigenvalue weighted by molar-refractivity contribution is 0.102. The first-order valence-electron chi connectivity index (χ1n) is 6.47. The Kier molecular flexibility index (Phi) is 3.80. The van der Waals surface area contributed by atoms with Crippen LogP contribution >= 0.6 is 11.3 Å². The zero-order valence-corrected chi connectivity index (χ0v) is 12.5. The van der Waals surface area contributed by atoms with Crippen LogP contribution in [0.2, 0.25) is 0 Å². The zero-order chi connectivity index (χ0) is 15.5. The van der Waals surface area contributed by atoms with E-state index in [-0.39, 0.29) is 11.5 Å². The summed E-state index contributed by atoms with van der Waals surface area (Å²) in [6.07, 6.45) is 4.95. The van der Waals surface area contributed by atoms with Gasteiger partial charge < -0.3 is 4.57 Å². The van der Waals surface area contributed by atoms with E-state index in [2.05, 4.69) is 15.3 Å². The number of carbonyl (C=O) groups is 1. The van der Waals surface area contributed by atoms with Crippen LogP contribution in [0, 0.1) is 0 Å². The average molecular weight is 312 g/mol. The van der Waals surface area contributed by atoms with E-state index >= 15 is 0 Å². The Labute approximate surface area is 130 Å². The largest absolute Gasteiger partial charge is 0.319 e. The minimum absolute atomic E-state index is 0.233. The summed E-state index contributed by atoms with van der Waals surface area (Å²) in [5.74, 6) is -0.357. The van der Waals surface area contributed by atoms with Crippen molar-refractivity contribution in [2.24, 2.45) is 7.05 Å². The van der Waals surface area contributed by atoms with Crippen molar-refractivity contribution in [3.63, 3.8) is 0 Å². The van der Waals surface area contributed by atoms with E-state index in [4.69, 9.17) is 0 Å². The molecule has 0 atom stereocenters. The molecule has 6 nitrogen and oxygen atoms in total. The van der Waals surface area contributed by atoms with Crippen molar-refractivity contribution in [1.29, 1.82) is 0 Å². The van der Waals surface area contributed by atoms with Crippen LogP contribution in [0.25, 0.3) is 11.3 Å². The van der Waals surface area contributed by atoms with Crippen molar-refractivity contribution in [1.82, 2.24) is 14.5 Å². The fourth-order valence-electron chi connectivity index (χ4n) is 1.84. The fraction of sp³-hybridized carbons (Fsp3) is 0.0667. The van der Waals surface area contributed by atoms with Gasteiger partial charge in [-0.1, -0.05) is 0 Å². The third-order valence-electron chi connectivity index (χ3n) is 3.05. The van der Waals surface area contributed by atoms with Crippen molar-refractivity contribution in [2.75, 3.05) is 5.32 Å². The second-order valence-corrected chi connectivity index (χ2v) is 5.46. The normalized spacial score (nSPS) is 10.4. The van der Waals surface area contributed by atoms with Gasteiger partial charge in [0.25, 0.3) is 11.5 Å². The number of amides is 1. The van der Waals surface area contributed by atoms with E-state index < -0.39 is 0 Å². The molecule has 1 N–H and O–H groups in total. The molecule has 0 spiro atoms. The van der Waals surface area contributed by atoms with Gasteiger partial charge in [-0.2, -0.15) is 0 Å². The molecule has 7 heteroatoms. The highest BCUT2D eigenvalue weighted by Gasteiger charge is 2.10. The van der Waals surface area contributed by atoms with Gasteiger partial charge in [0, 0.05) is 48.2 Å². The van der Waals surface area contributed by atoms with Crippen molar-refractivity contribution in [3.8, 4) is 11.3 Å². The molecule has 3 aromatic rings. The van der Waals surface area contributed by atoms with Gasteiger partial charge in [0.2, 0.25) is 0 Å². The number of hydrogen-bond donors (Lipinski definition) is 1. The third-order valence-corrected chi connectivity index (χ3v) is 3.81. The topological polar surface area (TPSA) is 76.9 Å². The first kappa shape index (κ1) is 14.2. The maximum absolute atomic E-state index is 12.1. The molecule has 3 rings (SSSR count). The minimum Gasteiger partial charge on any atom is -0.319 e. The number of rotatable bonds is 3. The summed E-state index contributed by atoms with van der Waals surface area (Å²) in [6.45, 7) is 0. The number of nitrogens with zero attached hydrogens (tertiary/aromatic N) is 3. The van der Waals surface area contributed by atoms with Crippen molar-refractivity contribution < 1.29 is 4.79 Å². The van der Waals surface area contributed by atoms with E-state index in [1.807, 2.05) is 17.5 Å². The highest BCUT2D eigenvalue weighted by Crippen LogP contribution is 2.24. The molecular weight excluding hydrogens is 300 g/mol. The Morgan fingerprint density at radius 1 is 1.36 bits per heavy atom. The summed E-state index contributed by atoms with van der Waals surface area (Å²) < 4.78 is 1.40. The molecular formula is C15H12N4O2S. The summed E-state index contributed by atoms with van der Waals surface area (Å²) in [5.41, 5.74) is 1.70. The molecule has 0 aromatic carbocycles. The summed E-state index contributed by atoms with van der Waals surface area (Å²) in [4.78, 5) is 32.1. The van der Waals surface area contributed by atoms with E-state index in [0.29, 0.717) is 10.7 Å². The van der Waals surface area contributed by atoms with Gasteiger partial charge in [0.05, 0.1) is 5.69 Å². The second kappa shape index (κ2) is 5.90. The van der Waals surface area contributed by atoms with Gasteiger partial charge in [0.1, 0.15) is 0 Å². The van der Waals surface area contributed by atoms with Gasteiger partial charge >= 0.3 is 0 Å². The van der Waals surface area contributed by atoms with Crippen molar-refractivity contribution >= 4 is 22.4 Å². The molecule has 0 aliphatic carbocycles. The number of thiazole rings is 1. The summed E-state index contributed by atoms with van der Waals surface area (Å²) in [7, 11) is 1.63. The van der Waals surface area contributed by atoms with E-state index in [1.54, 1.807) is 31.7 Å². The standard InChI is InChI=1S/C15H12N4O2S/c1-19-6-4-10(7-13(19)20)14(21)18-15-17-12(9-22-15)11-3-2-5-16-8-11/h2-9H,1H3,(H,17,18,21). The van der Waals surface area contributed by atoms with Crippen molar-refractivity contribution in [2.45, 2.75) is 0 Å². The molecule has 110 valence electrons. The fourth-order valence-corrected chi connectivity index (χ4v) is 2.55. The molecule has 0 saturated heterocycles. The van der Waals surface area contributed by atoms with Crippen LogP contribution in [0.4, 0.5) is 5.13 Å². The van der Waals surface area contributed by atoms with Gasteiger partial charge in [-0.25, -0.2) is 4.98 Å². The molecule has 3 aromatic heterocycles. The monoisotopic (exact) mass is 312 g/mol. The number of pyridine rings is 2. The highest BCUT2D eigenvalue weighted by atomic mass is 32.1. The average Bonchev–Trinajstić information content (AvgIpc) is 2.99. The van der Waals surface area contributed by atoms with Crippen LogP contribution in [0.15, 0.2) is 53.0 Å². The van der Waals surface area contributed by atoms with Gasteiger partial charge in [0.15, 0.2) is 5.13 Å². The lowest BCUT2D eigenvalue weighted by Crippen LogP contribution is -2.19. The first-order valence-corrected chi connectivity index (χ1v) is 7.35. The molecule has 0 fully saturated rings. The predicted octanol–water partition coefficient (Wildman–Crippen LogP) is 2.16. The summed E-state index contributed by atoms with van der Waals surface area (Å²) in [5, 5.41) is 5.02. The van der Waals surface area contributed by atoms with E-state index in [0.717, 1.165) is 11.3 Å². The SMILES string of the molecule is Cn1ccc(C(=O)Nc2nc(-c3cccnc3)cs2)cc1=O. The Bertz CT molecular complexity index is 871. The summed E-state index contributed by atoms with van der Waals surface area (Å²) >= 11 is 1.32. The predicted molar refractivity (Wildman–Crippen MR) is 85.0 cm³/mol. The molecule has 0 bridgehead atoms. The van der Waals surface area contributed by atoms with Crippen LogP contribution in [0.3, 0.4) is 0 Å². The molecule has 1 amide bonds. The maximum Gasteiger partial charge on any atom is 0.257 e. The Morgan fingerprint density at radius 3 is 2.95 bits per heavy atom. The van der Waals surface area contributed by atoms with Crippen LogP contribution in [0.5, 0.6) is 0 Å². The van der Waals surface area contributed by atoms with Gasteiger partial charge in [-0.3, -0.25) is 19.9 Å². The molecule has 0 aliphatic heterocycles. The number of aromatic nitrogens is 3. The molecule has 22 heavy (non-hydrogen) atoms. The molecule has 3 heterocycles. The quantitative estimate of drug-likeness (QED) is 0.804. The van der Waals surface area contributed by atoms with Crippen molar-refractivity contribution in [3.05, 3.63) is 64.2 Å². The number of aryl methyl sites for hydroxylation is 1. The Hall–Kier alpha value is -2.80. The minimum atomic E-state index is -0.357. The smallest absolute Gasteiger partial charge is 0.257 e. The highest BCUT2D eigenvalue weighted by molar-refractivity contribution is 7.14. The zero-order valence-electron chi connectivity index (χ0n) is 11.7. The Balaban J connectivity index is 1.79. The van der Waals surface area contributed by atoms with Gasteiger partial charge in [-0.05, 0) is 18.2 Å². The van der Waals surface area contributed by atoms with Gasteiger partial charge in [-0.15, -0.1) is 11.3 Å². The molecule has 0 saturated carbocycles. The Morgan fingerprint density at radius 2 is 2.23 bits per heavy atom. The second-order valence-electron chi connectivity index (χ2n) is 4.60. The summed E-state index contributed by atoms with van der Waals surface area (Å²) in [6, 6.07) is 6.61. The van der Waals surface area contributed by atoms with E-state index in [9.17, 15) is 9.59 Å². The molecule has 0 radical (unpaired) electrons. The number of anilines is 1. The first-order chi connectivity index (χ1) is 10.6. The number of nitrogens with one attached hydrogen (secondary N) is 1. The lowest BCUT2D eigenvalue weighted by atomic mass is 10.2. The number of carbonyl (C=O) groups excluding carboxylic acids is 1.